The fourth-order valence-corrected chi connectivity index (χ4v) is 9.72. The minimum atomic E-state index is -0.660. The Balaban J connectivity index is 0.000000282. The Bertz CT molecular complexity index is 2770. The van der Waals surface area contributed by atoms with Gasteiger partial charge in [0, 0.05) is 13.4 Å². The first-order chi connectivity index (χ1) is 29.6. The molecule has 63 heavy (non-hydrogen) atoms. The number of halogens is 3. The lowest BCUT2D eigenvalue weighted by molar-refractivity contribution is 0.0508. The summed E-state index contributed by atoms with van der Waals surface area (Å²) in [5, 5.41) is 14.1. The summed E-state index contributed by atoms with van der Waals surface area (Å²) in [7, 11) is 3.49. The number of aryl methyl sites for hydroxylation is 1. The molecule has 0 bridgehead atoms. The third-order valence-electron chi connectivity index (χ3n) is 7.77. The number of nitrogens with zero attached hydrogens (tertiary/aromatic N) is 7. The number of thiazole rings is 1. The minimum Gasteiger partial charge on any atom is -0.464 e. The maximum Gasteiger partial charge on any atom is 0.360 e. The second-order valence-electron chi connectivity index (χ2n) is 12.2. The van der Waals surface area contributed by atoms with Gasteiger partial charge in [0.2, 0.25) is 0 Å². The van der Waals surface area contributed by atoms with E-state index in [0.29, 0.717) is 44.1 Å². The van der Waals surface area contributed by atoms with E-state index >= 15 is 0 Å². The van der Waals surface area contributed by atoms with Crippen LogP contribution in [-0.4, -0.2) is 77.5 Å². The van der Waals surface area contributed by atoms with E-state index in [1.54, 1.807) is 37.6 Å². The predicted octanol–water partition coefficient (Wildman–Crippen LogP) is 10.2. The Hall–Kier alpha value is -4.78. The van der Waals surface area contributed by atoms with E-state index in [0.717, 1.165) is 50.4 Å². The summed E-state index contributed by atoms with van der Waals surface area (Å²) in [6.07, 6.45) is 0. The molecule has 6 N–H and O–H groups in total. The molecule has 0 saturated carbocycles. The number of methoxy groups -OCH3 is 1. The average molecular weight is 1130 g/mol. The molecule has 0 aliphatic heterocycles. The van der Waals surface area contributed by atoms with Crippen LogP contribution in [0.15, 0.2) is 96.0 Å². The topological polar surface area (TPSA) is 223 Å². The highest BCUT2D eigenvalue weighted by molar-refractivity contribution is 9.11. The number of nitrogen functional groups attached to an aromatic ring is 2. The zero-order valence-corrected chi connectivity index (χ0v) is 41.4. The summed E-state index contributed by atoms with van der Waals surface area (Å²) < 4.78 is 23.1. The number of carbonyl (C=O) groups excluding carboxylic acids is 3. The summed E-state index contributed by atoms with van der Waals surface area (Å²) in [5.41, 5.74) is 20.9. The van der Waals surface area contributed by atoms with Crippen LogP contribution in [0.4, 0.5) is 11.6 Å². The molecular weight excluding hydrogens is 1080 g/mol. The monoisotopic (exact) mass is 1120 g/mol. The number of aromatic nitrogens is 7. The van der Waals surface area contributed by atoms with Gasteiger partial charge in [-0.05, 0) is 104 Å². The number of esters is 3. The largest absolute Gasteiger partial charge is 0.464 e. The first kappa shape index (κ1) is 50.9. The van der Waals surface area contributed by atoms with Crippen LogP contribution in [0.2, 0.25) is 0 Å². The van der Waals surface area contributed by atoms with Crippen molar-refractivity contribution in [2.45, 2.75) is 44.9 Å². The quantitative estimate of drug-likeness (QED) is 0.0474. The van der Waals surface area contributed by atoms with Crippen LogP contribution in [-0.2, 0) is 14.2 Å². The molecule has 0 aliphatic rings. The zero-order valence-electron chi connectivity index (χ0n) is 33.4. The third-order valence-corrected chi connectivity index (χ3v) is 12.7. The van der Waals surface area contributed by atoms with Crippen molar-refractivity contribution in [3.63, 3.8) is 0 Å². The molecular formula is C40H41Br3N10O6S4. The Kier molecular flexibility index (Phi) is 18.8. The number of anilines is 2. The first-order valence-electron chi connectivity index (χ1n) is 18.0. The molecule has 0 spiro atoms. The zero-order chi connectivity index (χ0) is 45.2. The van der Waals surface area contributed by atoms with E-state index in [1.807, 2.05) is 67.6 Å². The number of carbonyl (C=O) groups is 3. The number of benzene rings is 3. The van der Waals surface area contributed by atoms with E-state index in [1.165, 1.54) is 27.8 Å². The van der Waals surface area contributed by atoms with Gasteiger partial charge in [-0.15, -0.1) is 11.3 Å². The Morgan fingerprint density at radius 3 is 1.49 bits per heavy atom. The molecule has 3 aromatic carbocycles. The van der Waals surface area contributed by atoms with Crippen molar-refractivity contribution in [2.24, 2.45) is 5.73 Å². The molecule has 0 radical (unpaired) electrons. The van der Waals surface area contributed by atoms with Crippen molar-refractivity contribution in [3.8, 4) is 17.1 Å². The second-order valence-corrected chi connectivity index (χ2v) is 19.0. The summed E-state index contributed by atoms with van der Waals surface area (Å²) in [6, 6.07) is 22.3. The molecule has 23 heteroatoms. The fraction of sp³-hybridized carbons (Fsp3) is 0.200. The maximum atomic E-state index is 12.7. The van der Waals surface area contributed by atoms with Crippen molar-refractivity contribution in [3.05, 3.63) is 108 Å². The van der Waals surface area contributed by atoms with Crippen LogP contribution in [0, 0.1) is 6.92 Å². The molecule has 0 atom stereocenters. The summed E-state index contributed by atoms with van der Waals surface area (Å²) in [6.45, 7) is 7.55. The molecule has 7 rings (SSSR count). The van der Waals surface area contributed by atoms with Gasteiger partial charge in [0.1, 0.15) is 16.3 Å². The summed E-state index contributed by atoms with van der Waals surface area (Å²) in [4.78, 5) is 43.0. The van der Waals surface area contributed by atoms with Crippen LogP contribution in [0.1, 0.15) is 64.7 Å². The molecule has 0 amide bonds. The van der Waals surface area contributed by atoms with Crippen LogP contribution < -0.4 is 17.2 Å². The molecule has 0 aliphatic carbocycles. The van der Waals surface area contributed by atoms with Crippen LogP contribution >= 0.6 is 92.9 Å². The number of fused-ring (bicyclic) bond motifs is 1. The maximum absolute atomic E-state index is 12.7. The number of hydrogen-bond acceptors (Lipinski definition) is 16. The van der Waals surface area contributed by atoms with Gasteiger partial charge in [0.15, 0.2) is 22.7 Å². The van der Waals surface area contributed by atoms with E-state index in [9.17, 15) is 14.4 Å². The van der Waals surface area contributed by atoms with E-state index in [2.05, 4.69) is 80.3 Å². The van der Waals surface area contributed by atoms with Gasteiger partial charge in [0.05, 0.1) is 57.2 Å². The van der Waals surface area contributed by atoms with Crippen molar-refractivity contribution >= 4 is 138 Å². The highest BCUT2D eigenvalue weighted by Crippen LogP contribution is 2.46. The molecule has 0 saturated heterocycles. The summed E-state index contributed by atoms with van der Waals surface area (Å²) in [5.74, 6) is -1.27. The van der Waals surface area contributed by atoms with Gasteiger partial charge in [-0.1, -0.05) is 85.6 Å². The van der Waals surface area contributed by atoms with E-state index in [4.69, 9.17) is 31.4 Å². The number of ether oxygens (including phenoxy) is 3. The molecule has 0 fully saturated rings. The van der Waals surface area contributed by atoms with Crippen molar-refractivity contribution in [1.29, 1.82) is 0 Å². The normalized spacial score (nSPS) is 10.5. The van der Waals surface area contributed by atoms with Gasteiger partial charge < -0.3 is 31.4 Å². The summed E-state index contributed by atoms with van der Waals surface area (Å²) >= 11 is 16.1. The molecule has 332 valence electrons. The molecule has 7 aromatic rings. The minimum absolute atomic E-state index is 0. The second kappa shape index (κ2) is 23.2. The van der Waals surface area contributed by atoms with Crippen molar-refractivity contribution in [1.82, 2.24) is 34.3 Å². The van der Waals surface area contributed by atoms with Gasteiger partial charge in [0.25, 0.3) is 0 Å². The molecule has 0 unspecified atom stereocenters. The Morgan fingerprint density at radius 1 is 0.714 bits per heavy atom. The van der Waals surface area contributed by atoms with Gasteiger partial charge in [-0.3, -0.25) is 0 Å². The SMILES string of the molecule is C.CC(N)=S.CCOC(=O)c1nn(-c2cccc(Br)c2)c(N)c1SSc1c(C(=O)OC)nn(-c2cccc(Br)c2)c1N.CCOC(=O)c1nn(-c2cccc(Br)c2)c2nc(C)sc12. The highest BCUT2D eigenvalue weighted by atomic mass is 79.9. The lowest BCUT2D eigenvalue weighted by Gasteiger charge is -2.07. The first-order valence-corrected chi connectivity index (χ1v) is 23.8. The predicted molar refractivity (Wildman–Crippen MR) is 265 cm³/mol. The van der Waals surface area contributed by atoms with Gasteiger partial charge >= 0.3 is 17.9 Å². The molecule has 4 heterocycles. The number of thiocarbonyl (C=S) groups is 1. The highest BCUT2D eigenvalue weighted by Gasteiger charge is 2.29. The van der Waals surface area contributed by atoms with Crippen molar-refractivity contribution < 1.29 is 28.6 Å². The third kappa shape index (κ3) is 12.5. The Labute approximate surface area is 405 Å². The lowest BCUT2D eigenvalue weighted by Crippen LogP contribution is -2.07. The van der Waals surface area contributed by atoms with Crippen LogP contribution in [0.3, 0.4) is 0 Å². The van der Waals surface area contributed by atoms with Crippen molar-refractivity contribution in [2.75, 3.05) is 31.8 Å². The Morgan fingerprint density at radius 2 is 1.10 bits per heavy atom. The van der Waals surface area contributed by atoms with E-state index in [-0.39, 0.29) is 37.1 Å². The van der Waals surface area contributed by atoms with Crippen LogP contribution in [0.25, 0.3) is 27.4 Å². The standard InChI is InChI=1S/C23H20Br2N6O4S2.C14H12BrN3O2S.C2H5NS.CH4/c1-3-35-23(33)17-19(21(27)31(29-17)15-9-5-7-13(25)11-15)37-36-18-16(22(32)34-2)28-30(20(18)26)14-8-4-6-12(24)10-14;1-3-20-14(19)11-12-13(16-8(2)21-12)18(17-11)10-6-4-5-9(15)7-10;1-2(3)4;/h4-11H,3,26-27H2,1-2H3;4-7H,3H2,1-2H3;1H3,(H2,3,4);1H4. The fourth-order valence-electron chi connectivity index (χ4n) is 5.28. The van der Waals surface area contributed by atoms with Gasteiger partial charge in [-0.25, -0.2) is 33.4 Å². The lowest BCUT2D eigenvalue weighted by atomic mass is 10.3. The molecule has 4 aromatic heterocycles. The number of rotatable bonds is 11. The van der Waals surface area contributed by atoms with Crippen LogP contribution in [0.5, 0.6) is 0 Å². The average Bonchev–Trinajstić information content (AvgIpc) is 3.97. The number of hydrogen-bond donors (Lipinski definition) is 3. The number of nitrogens with two attached hydrogens (primary N) is 3. The molecule has 16 nitrogen and oxygen atoms in total. The van der Waals surface area contributed by atoms with E-state index < -0.39 is 17.9 Å². The smallest absolute Gasteiger partial charge is 0.360 e. The van der Waals surface area contributed by atoms with Gasteiger partial charge in [-0.2, -0.15) is 15.3 Å².